The molecule has 0 aliphatic carbocycles. The molecule has 0 bridgehead atoms. The molecule has 0 aliphatic rings. The van der Waals surface area contributed by atoms with Crippen LogP contribution in [0.1, 0.15) is 40.0 Å². The van der Waals surface area contributed by atoms with E-state index < -0.39 is 0 Å². The average molecular weight is 169 g/mol. The van der Waals surface area contributed by atoms with Crippen LogP contribution < -0.4 is 5.32 Å². The quantitative estimate of drug-likeness (QED) is 0.465. The SMILES string of the molecule is CCCC(C)(C)CCNCB=O. The second-order valence-corrected chi connectivity index (χ2v) is 4.04. The Kier molecular flexibility index (Phi) is 6.26. The van der Waals surface area contributed by atoms with Crippen LogP contribution in [0.15, 0.2) is 0 Å². The molecule has 0 fully saturated rings. The molecule has 12 heavy (non-hydrogen) atoms. The molecule has 0 unspecified atom stereocenters. The predicted molar refractivity (Wildman–Crippen MR) is 52.6 cm³/mol. The fraction of sp³-hybridized carbons (Fsp3) is 1.00. The molecular weight excluding hydrogens is 149 g/mol. The monoisotopic (exact) mass is 169 g/mol. The first-order valence-electron chi connectivity index (χ1n) is 4.77. The second-order valence-electron chi connectivity index (χ2n) is 4.04. The van der Waals surface area contributed by atoms with Crippen molar-refractivity contribution in [2.75, 3.05) is 13.0 Å². The van der Waals surface area contributed by atoms with E-state index in [1.807, 2.05) is 0 Å². The van der Waals surface area contributed by atoms with Crippen molar-refractivity contribution in [1.29, 1.82) is 0 Å². The minimum absolute atomic E-state index is 0.421. The van der Waals surface area contributed by atoms with Gasteiger partial charge in [-0.05, 0) is 0 Å². The third-order valence-corrected chi connectivity index (χ3v) is 2.13. The Bertz CT molecular complexity index is 126. The Balaban J connectivity index is 3.39. The van der Waals surface area contributed by atoms with Crippen molar-refractivity contribution in [1.82, 2.24) is 5.32 Å². The molecule has 2 nitrogen and oxygen atoms in total. The molecule has 0 radical (unpaired) electrons. The Morgan fingerprint density at radius 3 is 2.50 bits per heavy atom. The van der Waals surface area contributed by atoms with Crippen LogP contribution in [0.3, 0.4) is 0 Å². The zero-order chi connectivity index (χ0) is 9.45. The van der Waals surface area contributed by atoms with Gasteiger partial charge < -0.3 is 0 Å². The van der Waals surface area contributed by atoms with Gasteiger partial charge in [0.2, 0.25) is 0 Å². The maximum absolute atomic E-state index is 9.99. The molecule has 3 heteroatoms. The standard InChI is InChI=1S/C9H20BNO/c1-4-5-9(2,3)6-7-11-8-10-12/h11H,4-8H2,1-3H3. The summed E-state index contributed by atoms with van der Waals surface area (Å²) in [7, 11) is 0.910. The van der Waals surface area contributed by atoms with Gasteiger partial charge in [0.1, 0.15) is 0 Å². The van der Waals surface area contributed by atoms with E-state index in [-0.39, 0.29) is 0 Å². The normalized spacial score (nSPS) is 11.2. The summed E-state index contributed by atoms with van der Waals surface area (Å²) in [6.45, 7) is 7.71. The molecular formula is C9H20BNO. The van der Waals surface area contributed by atoms with Gasteiger partial charge in [-0.2, -0.15) is 0 Å². The van der Waals surface area contributed by atoms with Crippen molar-refractivity contribution >= 4 is 7.15 Å². The summed E-state index contributed by atoms with van der Waals surface area (Å²) in [5.74, 6) is 0. The van der Waals surface area contributed by atoms with Crippen molar-refractivity contribution in [2.45, 2.75) is 40.0 Å². The molecule has 0 saturated carbocycles. The van der Waals surface area contributed by atoms with Gasteiger partial charge in [-0.3, -0.25) is 0 Å². The summed E-state index contributed by atoms with van der Waals surface area (Å²) < 4.78 is 9.99. The number of hydrogen-bond acceptors (Lipinski definition) is 2. The third-order valence-electron chi connectivity index (χ3n) is 2.13. The van der Waals surface area contributed by atoms with Crippen molar-refractivity contribution in [2.24, 2.45) is 5.41 Å². The van der Waals surface area contributed by atoms with Gasteiger partial charge in [0, 0.05) is 0 Å². The predicted octanol–water partition coefficient (Wildman–Crippen LogP) is 1.80. The Morgan fingerprint density at radius 2 is 2.00 bits per heavy atom. The second kappa shape index (κ2) is 6.35. The first-order chi connectivity index (χ1) is 5.62. The van der Waals surface area contributed by atoms with Crippen LogP contribution in [-0.4, -0.2) is 20.1 Å². The molecule has 0 spiro atoms. The molecule has 0 saturated heterocycles. The van der Waals surface area contributed by atoms with Crippen LogP contribution in [0, 0.1) is 5.41 Å². The zero-order valence-electron chi connectivity index (χ0n) is 8.52. The van der Waals surface area contributed by atoms with Gasteiger partial charge in [-0.25, -0.2) is 0 Å². The molecule has 0 atom stereocenters. The number of hydrogen-bond donors (Lipinski definition) is 1. The Labute approximate surface area is 76.4 Å². The number of rotatable bonds is 7. The molecule has 0 aromatic heterocycles. The van der Waals surface area contributed by atoms with Gasteiger partial charge >= 0.3 is 75.6 Å². The van der Waals surface area contributed by atoms with E-state index in [9.17, 15) is 4.70 Å². The van der Waals surface area contributed by atoms with E-state index in [1.54, 1.807) is 0 Å². The van der Waals surface area contributed by atoms with Crippen molar-refractivity contribution in [3.8, 4) is 0 Å². The van der Waals surface area contributed by atoms with Gasteiger partial charge in [-0.15, -0.1) is 0 Å². The summed E-state index contributed by atoms with van der Waals surface area (Å²) in [6.07, 6.45) is 4.13. The van der Waals surface area contributed by atoms with E-state index in [0.717, 1.165) is 20.1 Å². The fourth-order valence-corrected chi connectivity index (χ4v) is 1.39. The fourth-order valence-electron chi connectivity index (χ4n) is 1.39. The van der Waals surface area contributed by atoms with E-state index in [1.165, 1.54) is 12.8 Å². The van der Waals surface area contributed by atoms with Crippen LogP contribution in [0.25, 0.3) is 0 Å². The van der Waals surface area contributed by atoms with Crippen molar-refractivity contribution < 1.29 is 4.70 Å². The van der Waals surface area contributed by atoms with Crippen molar-refractivity contribution in [3.05, 3.63) is 0 Å². The first kappa shape index (κ1) is 11.8. The summed E-state index contributed by atoms with van der Waals surface area (Å²) in [6, 6.07) is 0. The molecule has 0 aromatic rings. The van der Waals surface area contributed by atoms with E-state index in [2.05, 4.69) is 26.1 Å². The van der Waals surface area contributed by atoms with Gasteiger partial charge in [0.15, 0.2) is 0 Å². The van der Waals surface area contributed by atoms with Crippen LogP contribution in [-0.2, 0) is 4.70 Å². The third kappa shape index (κ3) is 6.53. The van der Waals surface area contributed by atoms with Gasteiger partial charge in [0.05, 0.1) is 0 Å². The molecule has 0 amide bonds. The van der Waals surface area contributed by atoms with Crippen LogP contribution in [0.4, 0.5) is 0 Å². The molecule has 0 rings (SSSR count). The number of nitrogens with one attached hydrogen (secondary N) is 1. The van der Waals surface area contributed by atoms with Crippen molar-refractivity contribution in [3.63, 3.8) is 0 Å². The zero-order valence-corrected chi connectivity index (χ0v) is 8.52. The van der Waals surface area contributed by atoms with E-state index in [4.69, 9.17) is 0 Å². The first-order valence-corrected chi connectivity index (χ1v) is 4.77. The Hall–Kier alpha value is -0.175. The molecule has 0 aliphatic heterocycles. The van der Waals surface area contributed by atoms with Crippen LogP contribution >= 0.6 is 0 Å². The topological polar surface area (TPSA) is 29.1 Å². The van der Waals surface area contributed by atoms with Gasteiger partial charge in [0.25, 0.3) is 0 Å². The summed E-state index contributed by atoms with van der Waals surface area (Å²) >= 11 is 0. The minimum atomic E-state index is 0.421. The summed E-state index contributed by atoms with van der Waals surface area (Å²) in [5.41, 5.74) is 0.421. The van der Waals surface area contributed by atoms with Crippen LogP contribution in [0.5, 0.6) is 0 Å². The Morgan fingerprint density at radius 1 is 1.33 bits per heavy atom. The summed E-state index contributed by atoms with van der Waals surface area (Å²) in [4.78, 5) is 0. The molecule has 0 aromatic carbocycles. The molecule has 0 heterocycles. The van der Waals surface area contributed by atoms with Gasteiger partial charge in [-0.1, -0.05) is 0 Å². The average Bonchev–Trinajstić information content (AvgIpc) is 1.98. The van der Waals surface area contributed by atoms with E-state index >= 15 is 0 Å². The molecule has 1 N–H and O–H groups in total. The van der Waals surface area contributed by atoms with Crippen LogP contribution in [0.2, 0.25) is 0 Å². The molecule has 70 valence electrons. The maximum atomic E-state index is 9.99. The summed E-state index contributed by atoms with van der Waals surface area (Å²) in [5, 5.41) is 3.08. The van der Waals surface area contributed by atoms with E-state index in [0.29, 0.717) is 11.9 Å².